The third-order valence-electron chi connectivity index (χ3n) is 7.58. The summed E-state index contributed by atoms with van der Waals surface area (Å²) < 4.78 is 13.9. The molecule has 0 aliphatic rings. The second kappa shape index (κ2) is 11.5. The van der Waals surface area contributed by atoms with Crippen LogP contribution in [0.5, 0.6) is 17.2 Å². The van der Waals surface area contributed by atoms with Crippen molar-refractivity contribution in [3.63, 3.8) is 0 Å². The Hall–Kier alpha value is -5.41. The first-order chi connectivity index (χ1) is 20.9. The molecule has 0 radical (unpaired) electrons. The van der Waals surface area contributed by atoms with E-state index < -0.39 is 11.2 Å². The highest BCUT2D eigenvalue weighted by Gasteiger charge is 2.22. The number of hydrogen-bond acceptors (Lipinski definition) is 7. The van der Waals surface area contributed by atoms with E-state index in [4.69, 9.17) is 20.2 Å². The van der Waals surface area contributed by atoms with E-state index in [1.807, 2.05) is 60.7 Å². The minimum atomic E-state index is -0.464. The topological polar surface area (TPSA) is 113 Å². The van der Waals surface area contributed by atoms with Crippen molar-refractivity contribution in [3.05, 3.63) is 123 Å². The lowest BCUT2D eigenvalue weighted by atomic mass is 9.96. The SMILES string of the molecule is COc1ccc(Oc2cccc(-c3c(CN)c(NCc4ccc5ccccc5c4)nc4c3c(=O)n(C)c(=O)n4C)c2)cc1. The number of aryl methyl sites for hydroxylation is 1. The van der Waals surface area contributed by atoms with E-state index in [0.29, 0.717) is 45.9 Å². The van der Waals surface area contributed by atoms with Gasteiger partial charge in [0.1, 0.15) is 23.1 Å². The molecule has 0 unspecified atom stereocenters. The molecule has 6 aromatic rings. The average Bonchev–Trinajstić information content (AvgIpc) is 3.05. The summed E-state index contributed by atoms with van der Waals surface area (Å²) in [6, 6.07) is 29.2. The molecule has 0 fully saturated rings. The molecule has 9 nitrogen and oxygen atoms in total. The number of nitrogens with two attached hydrogens (primary N) is 1. The molecule has 216 valence electrons. The molecule has 43 heavy (non-hydrogen) atoms. The average molecular weight is 574 g/mol. The summed E-state index contributed by atoms with van der Waals surface area (Å²) in [5.41, 5.74) is 8.75. The Kier molecular flexibility index (Phi) is 7.40. The summed E-state index contributed by atoms with van der Waals surface area (Å²) in [5.74, 6) is 2.43. The van der Waals surface area contributed by atoms with E-state index in [9.17, 15) is 9.59 Å². The Morgan fingerprint density at radius 3 is 2.30 bits per heavy atom. The molecule has 4 aromatic carbocycles. The summed E-state index contributed by atoms with van der Waals surface area (Å²) in [7, 11) is 4.68. The molecule has 2 aromatic heterocycles. The van der Waals surface area contributed by atoms with E-state index in [2.05, 4.69) is 35.6 Å². The molecule has 0 spiro atoms. The van der Waals surface area contributed by atoms with E-state index in [0.717, 1.165) is 26.7 Å². The molecule has 2 heterocycles. The fraction of sp³-hybridized carbons (Fsp3) is 0.147. The molecule has 6 rings (SSSR count). The van der Waals surface area contributed by atoms with Gasteiger partial charge in [-0.15, -0.1) is 0 Å². The van der Waals surface area contributed by atoms with E-state index in [1.54, 1.807) is 14.2 Å². The van der Waals surface area contributed by atoms with Gasteiger partial charge in [-0.25, -0.2) is 9.78 Å². The predicted octanol–water partition coefficient (Wildman–Crippen LogP) is 5.32. The number of aromatic nitrogens is 3. The highest BCUT2D eigenvalue weighted by atomic mass is 16.5. The Balaban J connectivity index is 1.49. The van der Waals surface area contributed by atoms with E-state index in [-0.39, 0.29) is 12.2 Å². The fourth-order valence-corrected chi connectivity index (χ4v) is 5.32. The van der Waals surface area contributed by atoms with Gasteiger partial charge in [0, 0.05) is 38.3 Å². The summed E-state index contributed by atoms with van der Waals surface area (Å²) in [6.07, 6.45) is 0. The second-order valence-electron chi connectivity index (χ2n) is 10.3. The normalized spacial score (nSPS) is 11.2. The number of anilines is 1. The maximum absolute atomic E-state index is 13.6. The van der Waals surface area contributed by atoms with Crippen molar-refractivity contribution in [2.75, 3.05) is 12.4 Å². The van der Waals surface area contributed by atoms with Gasteiger partial charge < -0.3 is 20.5 Å². The van der Waals surface area contributed by atoms with Crippen LogP contribution >= 0.6 is 0 Å². The third-order valence-corrected chi connectivity index (χ3v) is 7.58. The second-order valence-corrected chi connectivity index (χ2v) is 10.3. The Labute approximate surface area is 247 Å². The number of pyridine rings is 1. The van der Waals surface area contributed by atoms with Gasteiger partial charge in [-0.05, 0) is 64.4 Å². The summed E-state index contributed by atoms with van der Waals surface area (Å²) in [4.78, 5) is 31.3. The van der Waals surface area contributed by atoms with Crippen molar-refractivity contribution in [1.29, 1.82) is 0 Å². The van der Waals surface area contributed by atoms with Gasteiger partial charge in [0.2, 0.25) is 0 Å². The van der Waals surface area contributed by atoms with Crippen molar-refractivity contribution in [2.45, 2.75) is 13.1 Å². The number of ether oxygens (including phenoxy) is 2. The Morgan fingerprint density at radius 1 is 0.814 bits per heavy atom. The van der Waals surface area contributed by atoms with Crippen LogP contribution in [0.15, 0.2) is 101 Å². The molecule has 3 N–H and O–H groups in total. The zero-order valence-corrected chi connectivity index (χ0v) is 24.1. The van der Waals surface area contributed by atoms with Gasteiger partial charge in [-0.3, -0.25) is 13.9 Å². The number of methoxy groups -OCH3 is 1. The van der Waals surface area contributed by atoms with Crippen molar-refractivity contribution < 1.29 is 9.47 Å². The molecule has 0 amide bonds. The Bertz CT molecular complexity index is 2100. The summed E-state index contributed by atoms with van der Waals surface area (Å²) >= 11 is 0. The highest BCUT2D eigenvalue weighted by molar-refractivity contribution is 5.97. The molecule has 0 aliphatic heterocycles. The molecule has 0 atom stereocenters. The fourth-order valence-electron chi connectivity index (χ4n) is 5.32. The van der Waals surface area contributed by atoms with Crippen molar-refractivity contribution in [2.24, 2.45) is 19.8 Å². The molecule has 9 heteroatoms. The summed E-state index contributed by atoms with van der Waals surface area (Å²) in [6.45, 7) is 0.572. The number of nitrogens with zero attached hydrogens (tertiary/aromatic N) is 3. The first kappa shape index (κ1) is 27.7. The zero-order chi connectivity index (χ0) is 30.1. The molecule has 0 saturated carbocycles. The molecule has 0 bridgehead atoms. The van der Waals surface area contributed by atoms with E-state index in [1.165, 1.54) is 11.6 Å². The predicted molar refractivity (Wildman–Crippen MR) is 170 cm³/mol. The monoisotopic (exact) mass is 573 g/mol. The highest BCUT2D eigenvalue weighted by Crippen LogP contribution is 2.36. The number of benzene rings is 4. The van der Waals surface area contributed by atoms with Crippen LogP contribution in [-0.2, 0) is 27.2 Å². The number of rotatable bonds is 8. The quantitative estimate of drug-likeness (QED) is 0.253. The first-order valence-corrected chi connectivity index (χ1v) is 13.8. The zero-order valence-electron chi connectivity index (χ0n) is 24.1. The van der Waals surface area contributed by atoms with Gasteiger partial charge in [-0.1, -0.05) is 48.5 Å². The molecule has 0 aliphatic carbocycles. The van der Waals surface area contributed by atoms with Crippen LogP contribution in [0.3, 0.4) is 0 Å². The smallest absolute Gasteiger partial charge is 0.332 e. The van der Waals surface area contributed by atoms with Crippen LogP contribution < -0.4 is 31.8 Å². The lowest BCUT2D eigenvalue weighted by Gasteiger charge is -2.19. The van der Waals surface area contributed by atoms with Crippen LogP contribution in [0, 0.1) is 0 Å². The van der Waals surface area contributed by atoms with E-state index >= 15 is 0 Å². The standard InChI is InChI=1S/C34H31N5O4/c1-38-32-30(33(40)39(2)34(38)41)29(24-9-6-10-27(18-24)43-26-15-13-25(42-3)14-16-26)28(19-35)31(37-32)36-20-21-11-12-22-7-4-5-8-23(22)17-21/h4-18H,19-20,35H2,1-3H3,(H,36,37). The minimum Gasteiger partial charge on any atom is -0.497 e. The largest absolute Gasteiger partial charge is 0.497 e. The van der Waals surface area contributed by atoms with Crippen molar-refractivity contribution >= 4 is 27.6 Å². The van der Waals surface area contributed by atoms with Gasteiger partial charge in [0.05, 0.1) is 12.5 Å². The number of fused-ring (bicyclic) bond motifs is 2. The van der Waals surface area contributed by atoms with Crippen LogP contribution in [0.1, 0.15) is 11.1 Å². The van der Waals surface area contributed by atoms with Gasteiger partial charge in [0.25, 0.3) is 5.56 Å². The van der Waals surface area contributed by atoms with Gasteiger partial charge >= 0.3 is 5.69 Å². The van der Waals surface area contributed by atoms with Gasteiger partial charge in [-0.2, -0.15) is 0 Å². The van der Waals surface area contributed by atoms with Crippen LogP contribution in [0.25, 0.3) is 32.9 Å². The van der Waals surface area contributed by atoms with Gasteiger partial charge in [0.15, 0.2) is 5.65 Å². The van der Waals surface area contributed by atoms with Crippen molar-refractivity contribution in [3.8, 4) is 28.4 Å². The number of nitrogens with one attached hydrogen (secondary N) is 1. The first-order valence-electron chi connectivity index (χ1n) is 13.8. The molecule has 0 saturated heterocycles. The number of hydrogen-bond donors (Lipinski definition) is 2. The summed E-state index contributed by atoms with van der Waals surface area (Å²) in [5, 5.41) is 6.03. The maximum Gasteiger partial charge on any atom is 0.332 e. The van der Waals surface area contributed by atoms with Crippen molar-refractivity contribution in [1.82, 2.24) is 14.1 Å². The minimum absolute atomic E-state index is 0.105. The lowest BCUT2D eigenvalue weighted by molar-refractivity contribution is 0.413. The molecular weight excluding hydrogens is 542 g/mol. The maximum atomic E-state index is 13.6. The van der Waals surface area contributed by atoms with Crippen LogP contribution in [0.2, 0.25) is 0 Å². The van der Waals surface area contributed by atoms with Crippen LogP contribution in [0.4, 0.5) is 5.82 Å². The Morgan fingerprint density at radius 2 is 1.56 bits per heavy atom. The molecular formula is C34H31N5O4. The van der Waals surface area contributed by atoms with Crippen LogP contribution in [-0.4, -0.2) is 21.2 Å². The lowest BCUT2D eigenvalue weighted by Crippen LogP contribution is -2.38. The third kappa shape index (κ3) is 5.22.